The SMILES string of the molecule is CCCNS(=O)(=O)Nc1cc(N)ccc1OC. The average molecular weight is 259 g/mol. The van der Waals surface area contributed by atoms with Crippen molar-refractivity contribution in [1.82, 2.24) is 4.72 Å². The molecule has 0 saturated carbocycles. The summed E-state index contributed by atoms with van der Waals surface area (Å²) in [6.07, 6.45) is 0.717. The van der Waals surface area contributed by atoms with E-state index in [1.807, 2.05) is 6.92 Å². The molecule has 0 atom stereocenters. The molecule has 0 bridgehead atoms. The van der Waals surface area contributed by atoms with Crippen LogP contribution < -0.4 is 19.9 Å². The van der Waals surface area contributed by atoms with Crippen molar-refractivity contribution >= 4 is 21.6 Å². The van der Waals surface area contributed by atoms with Crippen molar-refractivity contribution in [1.29, 1.82) is 0 Å². The minimum Gasteiger partial charge on any atom is -0.495 e. The zero-order valence-electron chi connectivity index (χ0n) is 9.86. The fraction of sp³-hybridized carbons (Fsp3) is 0.400. The lowest BCUT2D eigenvalue weighted by Crippen LogP contribution is -2.30. The Morgan fingerprint density at radius 3 is 2.71 bits per heavy atom. The van der Waals surface area contributed by atoms with Crippen molar-refractivity contribution in [2.75, 3.05) is 24.1 Å². The normalized spacial score (nSPS) is 11.2. The molecule has 0 radical (unpaired) electrons. The lowest BCUT2D eigenvalue weighted by Gasteiger charge is -2.12. The van der Waals surface area contributed by atoms with Crippen LogP contribution in [0.25, 0.3) is 0 Å². The molecule has 7 heteroatoms. The zero-order valence-corrected chi connectivity index (χ0v) is 10.7. The molecular weight excluding hydrogens is 242 g/mol. The van der Waals surface area contributed by atoms with E-state index >= 15 is 0 Å². The van der Waals surface area contributed by atoms with Crippen molar-refractivity contribution in [3.63, 3.8) is 0 Å². The molecule has 0 spiro atoms. The molecule has 1 aromatic carbocycles. The largest absolute Gasteiger partial charge is 0.495 e. The molecule has 0 aliphatic carbocycles. The first kappa shape index (κ1) is 13.6. The predicted molar refractivity (Wildman–Crippen MR) is 68.2 cm³/mol. The van der Waals surface area contributed by atoms with Gasteiger partial charge in [0.1, 0.15) is 5.75 Å². The first-order valence-corrected chi connectivity index (χ1v) is 6.67. The van der Waals surface area contributed by atoms with Gasteiger partial charge in [0, 0.05) is 12.2 Å². The molecule has 6 nitrogen and oxygen atoms in total. The highest BCUT2D eigenvalue weighted by molar-refractivity contribution is 7.90. The molecule has 0 amide bonds. The van der Waals surface area contributed by atoms with Crippen LogP contribution in [-0.4, -0.2) is 22.1 Å². The summed E-state index contributed by atoms with van der Waals surface area (Å²) < 4.78 is 33.0. The number of methoxy groups -OCH3 is 1. The summed E-state index contributed by atoms with van der Waals surface area (Å²) in [5.74, 6) is 0.418. The first-order valence-electron chi connectivity index (χ1n) is 5.19. The van der Waals surface area contributed by atoms with Gasteiger partial charge in [-0.25, -0.2) is 0 Å². The third kappa shape index (κ3) is 4.12. The second kappa shape index (κ2) is 5.74. The topological polar surface area (TPSA) is 93.5 Å². The standard InChI is InChI=1S/C10H17N3O3S/c1-3-6-12-17(14,15)13-9-7-8(11)4-5-10(9)16-2/h4-5,7,12-13H,3,6,11H2,1-2H3. The lowest BCUT2D eigenvalue weighted by molar-refractivity contribution is 0.417. The highest BCUT2D eigenvalue weighted by Gasteiger charge is 2.12. The lowest BCUT2D eigenvalue weighted by atomic mass is 10.2. The number of anilines is 2. The van der Waals surface area contributed by atoms with Crippen LogP contribution in [-0.2, 0) is 10.2 Å². The maximum Gasteiger partial charge on any atom is 0.299 e. The summed E-state index contributed by atoms with van der Waals surface area (Å²) in [4.78, 5) is 0. The van der Waals surface area contributed by atoms with E-state index in [1.165, 1.54) is 13.2 Å². The quantitative estimate of drug-likeness (QED) is 0.663. The van der Waals surface area contributed by atoms with E-state index in [4.69, 9.17) is 10.5 Å². The van der Waals surface area contributed by atoms with Crippen LogP contribution in [0.4, 0.5) is 11.4 Å². The fourth-order valence-electron chi connectivity index (χ4n) is 1.22. The Morgan fingerprint density at radius 2 is 2.12 bits per heavy atom. The minimum atomic E-state index is -3.58. The number of rotatable bonds is 6. The van der Waals surface area contributed by atoms with Crippen LogP contribution in [0.1, 0.15) is 13.3 Å². The van der Waals surface area contributed by atoms with E-state index in [-0.39, 0.29) is 0 Å². The van der Waals surface area contributed by atoms with Gasteiger partial charge in [-0.05, 0) is 24.6 Å². The van der Waals surface area contributed by atoms with Gasteiger partial charge in [0.15, 0.2) is 0 Å². The third-order valence-corrected chi connectivity index (χ3v) is 3.08. The summed E-state index contributed by atoms with van der Waals surface area (Å²) in [5, 5.41) is 0. The van der Waals surface area contributed by atoms with Gasteiger partial charge >= 0.3 is 0 Å². The van der Waals surface area contributed by atoms with Crippen LogP contribution in [0, 0.1) is 0 Å². The number of nitrogens with one attached hydrogen (secondary N) is 2. The van der Waals surface area contributed by atoms with Crippen LogP contribution in [0.5, 0.6) is 5.75 Å². The highest BCUT2D eigenvalue weighted by Crippen LogP contribution is 2.26. The summed E-state index contributed by atoms with van der Waals surface area (Å²) >= 11 is 0. The van der Waals surface area contributed by atoms with Gasteiger partial charge in [-0.15, -0.1) is 0 Å². The highest BCUT2D eigenvalue weighted by atomic mass is 32.2. The first-order chi connectivity index (χ1) is 7.98. The second-order valence-corrected chi connectivity index (χ2v) is 4.96. The van der Waals surface area contributed by atoms with Gasteiger partial charge in [-0.3, -0.25) is 4.72 Å². The molecule has 0 aliphatic rings. The van der Waals surface area contributed by atoms with E-state index in [9.17, 15) is 8.42 Å². The van der Waals surface area contributed by atoms with E-state index in [0.29, 0.717) is 23.7 Å². The molecule has 0 heterocycles. The van der Waals surface area contributed by atoms with Crippen molar-refractivity contribution < 1.29 is 13.2 Å². The van der Waals surface area contributed by atoms with Gasteiger partial charge in [0.25, 0.3) is 10.2 Å². The summed E-state index contributed by atoms with van der Waals surface area (Å²) in [5.41, 5.74) is 6.36. The Kier molecular flexibility index (Phi) is 4.59. The maximum atomic E-state index is 11.6. The molecule has 0 unspecified atom stereocenters. The molecule has 0 aromatic heterocycles. The van der Waals surface area contributed by atoms with Crippen LogP contribution in [0.15, 0.2) is 18.2 Å². The molecule has 0 aliphatic heterocycles. The van der Waals surface area contributed by atoms with Gasteiger partial charge in [0.05, 0.1) is 12.8 Å². The fourth-order valence-corrected chi connectivity index (χ4v) is 2.22. The summed E-state index contributed by atoms with van der Waals surface area (Å²) in [6, 6.07) is 4.74. The Morgan fingerprint density at radius 1 is 1.41 bits per heavy atom. The second-order valence-electron chi connectivity index (χ2n) is 3.46. The average Bonchev–Trinajstić information content (AvgIpc) is 2.26. The van der Waals surface area contributed by atoms with Crippen molar-refractivity contribution in [3.05, 3.63) is 18.2 Å². The number of benzene rings is 1. The van der Waals surface area contributed by atoms with Crippen molar-refractivity contribution in [3.8, 4) is 5.75 Å². The van der Waals surface area contributed by atoms with E-state index in [1.54, 1.807) is 12.1 Å². The van der Waals surface area contributed by atoms with E-state index in [0.717, 1.165) is 6.42 Å². The van der Waals surface area contributed by atoms with Gasteiger partial charge in [-0.2, -0.15) is 13.1 Å². The Labute approximate surface area is 101 Å². The number of ether oxygens (including phenoxy) is 1. The molecule has 1 aromatic rings. The minimum absolute atomic E-state index is 0.316. The van der Waals surface area contributed by atoms with Crippen LogP contribution in [0.2, 0.25) is 0 Å². The van der Waals surface area contributed by atoms with Gasteiger partial charge < -0.3 is 10.5 Å². The molecule has 4 N–H and O–H groups in total. The van der Waals surface area contributed by atoms with Crippen molar-refractivity contribution in [2.24, 2.45) is 0 Å². The Balaban J connectivity index is 2.90. The molecule has 0 fully saturated rings. The molecular formula is C10H17N3O3S. The molecule has 1 rings (SSSR count). The number of hydrogen-bond acceptors (Lipinski definition) is 4. The third-order valence-electron chi connectivity index (χ3n) is 2.01. The van der Waals surface area contributed by atoms with Gasteiger partial charge in [-0.1, -0.05) is 6.92 Å². The predicted octanol–water partition coefficient (Wildman–Crippen LogP) is 0.934. The van der Waals surface area contributed by atoms with Crippen LogP contribution in [0.3, 0.4) is 0 Å². The maximum absolute atomic E-state index is 11.6. The van der Waals surface area contributed by atoms with Crippen molar-refractivity contribution in [2.45, 2.75) is 13.3 Å². The monoisotopic (exact) mass is 259 g/mol. The Hall–Kier alpha value is -1.47. The zero-order chi connectivity index (χ0) is 12.9. The number of nitrogens with two attached hydrogens (primary N) is 1. The Bertz CT molecular complexity index is 474. The summed E-state index contributed by atoms with van der Waals surface area (Å²) in [7, 11) is -2.12. The van der Waals surface area contributed by atoms with E-state index in [2.05, 4.69) is 9.44 Å². The number of hydrogen-bond donors (Lipinski definition) is 3. The summed E-state index contributed by atoms with van der Waals surface area (Å²) in [6.45, 7) is 2.25. The van der Waals surface area contributed by atoms with E-state index < -0.39 is 10.2 Å². The smallest absolute Gasteiger partial charge is 0.299 e. The molecule has 0 saturated heterocycles. The van der Waals surface area contributed by atoms with Crippen LogP contribution >= 0.6 is 0 Å². The van der Waals surface area contributed by atoms with Gasteiger partial charge in [0.2, 0.25) is 0 Å². The molecule has 17 heavy (non-hydrogen) atoms. The molecule has 96 valence electrons. The number of nitrogen functional groups attached to an aromatic ring is 1.